The molecule has 0 heterocycles. The molecule has 0 aliphatic carbocycles. The zero-order valence-electron chi connectivity index (χ0n) is 8.86. The molecule has 0 radical (unpaired) electrons. The first-order valence-electron chi connectivity index (χ1n) is 5.18. The molecule has 0 spiro atoms. The van der Waals surface area contributed by atoms with Crippen LogP contribution in [-0.2, 0) is 9.59 Å². The van der Waals surface area contributed by atoms with Crippen molar-refractivity contribution in [1.82, 2.24) is 0 Å². The van der Waals surface area contributed by atoms with Crippen molar-refractivity contribution in [2.24, 2.45) is 0 Å². The van der Waals surface area contributed by atoms with Gasteiger partial charge >= 0.3 is 11.9 Å². The molecular weight excluding hydrogens is 255 g/mol. The summed E-state index contributed by atoms with van der Waals surface area (Å²) in [5.41, 5.74) is 0. The van der Waals surface area contributed by atoms with Gasteiger partial charge in [0, 0.05) is 6.42 Å². The lowest BCUT2D eigenvalue weighted by atomic mass is 10.1. The van der Waals surface area contributed by atoms with E-state index in [0.29, 0.717) is 12.8 Å². The summed E-state index contributed by atoms with van der Waals surface area (Å²) in [6, 6.07) is 0. The number of aliphatic carboxylic acids is 2. The lowest BCUT2D eigenvalue weighted by Crippen LogP contribution is -2.24. The molecule has 0 saturated heterocycles. The van der Waals surface area contributed by atoms with E-state index in [1.807, 2.05) is 0 Å². The van der Waals surface area contributed by atoms with E-state index >= 15 is 0 Å². The molecule has 0 rings (SSSR count). The van der Waals surface area contributed by atoms with Crippen molar-refractivity contribution in [1.29, 1.82) is 0 Å². The van der Waals surface area contributed by atoms with Crippen LogP contribution < -0.4 is 0 Å². The van der Waals surface area contributed by atoms with Crippen LogP contribution in [0.2, 0.25) is 0 Å². The molecule has 0 aromatic heterocycles. The van der Waals surface area contributed by atoms with E-state index in [9.17, 15) is 9.59 Å². The van der Waals surface area contributed by atoms with Gasteiger partial charge in [-0.3, -0.25) is 9.59 Å². The predicted octanol–water partition coefficient (Wildman–Crippen LogP) is 2.71. The van der Waals surface area contributed by atoms with Crippen molar-refractivity contribution < 1.29 is 19.8 Å². The number of unbranched alkanes of at least 4 members (excludes halogenated alkanes) is 3. The molecule has 0 saturated carbocycles. The van der Waals surface area contributed by atoms with Gasteiger partial charge in [-0.05, 0) is 12.8 Å². The van der Waals surface area contributed by atoms with E-state index in [0.717, 1.165) is 19.3 Å². The number of hydrogen-bond acceptors (Lipinski definition) is 2. The first-order valence-corrected chi connectivity index (χ1v) is 6.05. The standard InChI is InChI=1S/C10H16Cl2O4/c11-7(9(12)10(15)16)5-3-1-2-4-6-8(13)14/h7,9H,1-6H2,(H,13,14)(H,15,16). The smallest absolute Gasteiger partial charge is 0.323 e. The summed E-state index contributed by atoms with van der Waals surface area (Å²) in [6.07, 6.45) is 3.79. The van der Waals surface area contributed by atoms with Crippen molar-refractivity contribution in [3.05, 3.63) is 0 Å². The van der Waals surface area contributed by atoms with Crippen LogP contribution in [-0.4, -0.2) is 32.9 Å². The molecule has 0 fully saturated rings. The van der Waals surface area contributed by atoms with Gasteiger partial charge in [0.25, 0.3) is 0 Å². The highest BCUT2D eigenvalue weighted by Gasteiger charge is 2.22. The second kappa shape index (κ2) is 8.65. The minimum absolute atomic E-state index is 0.178. The number of carboxylic acids is 2. The first kappa shape index (κ1) is 15.5. The molecule has 16 heavy (non-hydrogen) atoms. The number of carbonyl (C=O) groups is 2. The SMILES string of the molecule is O=C(O)CCCCCCC(Cl)C(Cl)C(=O)O. The van der Waals surface area contributed by atoms with Crippen LogP contribution in [0.15, 0.2) is 0 Å². The molecule has 0 amide bonds. The molecule has 0 bridgehead atoms. The van der Waals surface area contributed by atoms with Gasteiger partial charge < -0.3 is 10.2 Å². The van der Waals surface area contributed by atoms with Gasteiger partial charge in [-0.15, -0.1) is 23.2 Å². The fraction of sp³-hybridized carbons (Fsp3) is 0.800. The Balaban J connectivity index is 3.44. The molecule has 0 aliphatic rings. The van der Waals surface area contributed by atoms with Crippen molar-refractivity contribution >= 4 is 35.1 Å². The van der Waals surface area contributed by atoms with Crippen LogP contribution >= 0.6 is 23.2 Å². The molecule has 2 unspecified atom stereocenters. The number of alkyl halides is 2. The molecule has 0 aromatic carbocycles. The quantitative estimate of drug-likeness (QED) is 0.499. The third-order valence-electron chi connectivity index (χ3n) is 2.17. The molecule has 94 valence electrons. The maximum Gasteiger partial charge on any atom is 0.323 e. The highest BCUT2D eigenvalue weighted by Crippen LogP contribution is 2.18. The average Bonchev–Trinajstić information content (AvgIpc) is 2.21. The van der Waals surface area contributed by atoms with Crippen LogP contribution in [0.3, 0.4) is 0 Å². The second-order valence-electron chi connectivity index (χ2n) is 3.60. The number of hydrogen-bond donors (Lipinski definition) is 2. The zero-order valence-corrected chi connectivity index (χ0v) is 10.4. The normalized spacial score (nSPS) is 14.4. The lowest BCUT2D eigenvalue weighted by Gasteiger charge is -2.11. The van der Waals surface area contributed by atoms with Crippen LogP contribution in [0.1, 0.15) is 38.5 Å². The summed E-state index contributed by atoms with van der Waals surface area (Å²) in [5.74, 6) is -1.89. The fourth-order valence-electron chi connectivity index (χ4n) is 1.27. The maximum absolute atomic E-state index is 10.5. The van der Waals surface area contributed by atoms with Gasteiger partial charge in [0.15, 0.2) is 0 Å². The van der Waals surface area contributed by atoms with E-state index in [1.165, 1.54) is 0 Å². The number of halogens is 2. The number of rotatable bonds is 9. The van der Waals surface area contributed by atoms with Gasteiger partial charge in [0.05, 0.1) is 5.38 Å². The molecule has 0 aromatic rings. The van der Waals surface area contributed by atoms with Gasteiger partial charge in [-0.25, -0.2) is 0 Å². The highest BCUT2D eigenvalue weighted by molar-refractivity contribution is 6.36. The van der Waals surface area contributed by atoms with Crippen LogP contribution in [0.5, 0.6) is 0 Å². The molecule has 0 aliphatic heterocycles. The maximum atomic E-state index is 10.5. The molecule has 4 nitrogen and oxygen atoms in total. The summed E-state index contributed by atoms with van der Waals surface area (Å²) in [5, 5.41) is 15.3. The Morgan fingerprint density at radius 1 is 1.00 bits per heavy atom. The minimum atomic E-state index is -1.10. The molecule has 6 heteroatoms. The number of carboxylic acid groups (broad SMARTS) is 2. The predicted molar refractivity (Wildman–Crippen MR) is 62.3 cm³/mol. The van der Waals surface area contributed by atoms with E-state index < -0.39 is 22.7 Å². The van der Waals surface area contributed by atoms with Crippen molar-refractivity contribution in [3.8, 4) is 0 Å². The summed E-state index contributed by atoms with van der Waals surface area (Å²) in [7, 11) is 0. The summed E-state index contributed by atoms with van der Waals surface area (Å²) < 4.78 is 0. The van der Waals surface area contributed by atoms with Crippen LogP contribution in [0.25, 0.3) is 0 Å². The Morgan fingerprint density at radius 3 is 2.06 bits per heavy atom. The monoisotopic (exact) mass is 270 g/mol. The van der Waals surface area contributed by atoms with Gasteiger partial charge in [-0.1, -0.05) is 19.3 Å². The molecular formula is C10H16Cl2O4. The zero-order chi connectivity index (χ0) is 12.6. The van der Waals surface area contributed by atoms with E-state index in [-0.39, 0.29) is 6.42 Å². The molecule has 2 atom stereocenters. The largest absolute Gasteiger partial charge is 0.481 e. The Bertz CT molecular complexity index is 233. The molecule has 2 N–H and O–H groups in total. The third-order valence-corrected chi connectivity index (χ3v) is 3.26. The van der Waals surface area contributed by atoms with Gasteiger partial charge in [0.1, 0.15) is 5.38 Å². The topological polar surface area (TPSA) is 74.6 Å². The Hall–Kier alpha value is -0.480. The lowest BCUT2D eigenvalue weighted by molar-refractivity contribution is -0.138. The fourth-order valence-corrected chi connectivity index (χ4v) is 1.66. The summed E-state index contributed by atoms with van der Waals surface area (Å²) in [4.78, 5) is 20.7. The average molecular weight is 271 g/mol. The minimum Gasteiger partial charge on any atom is -0.481 e. The van der Waals surface area contributed by atoms with Gasteiger partial charge in [0.2, 0.25) is 0 Å². The van der Waals surface area contributed by atoms with Crippen molar-refractivity contribution in [2.75, 3.05) is 0 Å². The van der Waals surface area contributed by atoms with Crippen LogP contribution in [0, 0.1) is 0 Å². The Kier molecular flexibility index (Phi) is 8.39. The van der Waals surface area contributed by atoms with Crippen molar-refractivity contribution in [2.45, 2.75) is 49.3 Å². The van der Waals surface area contributed by atoms with E-state index in [1.54, 1.807) is 0 Å². The summed E-state index contributed by atoms with van der Waals surface area (Å²) in [6.45, 7) is 0. The highest BCUT2D eigenvalue weighted by atomic mass is 35.5. The van der Waals surface area contributed by atoms with E-state index in [2.05, 4.69) is 0 Å². The second-order valence-corrected chi connectivity index (χ2v) is 4.63. The van der Waals surface area contributed by atoms with Crippen LogP contribution in [0.4, 0.5) is 0 Å². The van der Waals surface area contributed by atoms with Crippen molar-refractivity contribution in [3.63, 3.8) is 0 Å². The summed E-state index contributed by atoms with van der Waals surface area (Å²) >= 11 is 11.3. The Labute approximate surface area is 105 Å². The third kappa shape index (κ3) is 7.77. The van der Waals surface area contributed by atoms with Gasteiger partial charge in [-0.2, -0.15) is 0 Å². The Morgan fingerprint density at radius 2 is 1.56 bits per heavy atom. The van der Waals surface area contributed by atoms with E-state index in [4.69, 9.17) is 33.4 Å². The first-order chi connectivity index (χ1) is 7.45.